The number of hydrogen-bond acceptors (Lipinski definition) is 2. The summed E-state index contributed by atoms with van der Waals surface area (Å²) < 4.78 is 2.14. The van der Waals surface area contributed by atoms with Crippen molar-refractivity contribution in [2.45, 2.75) is 37.0 Å². The van der Waals surface area contributed by atoms with E-state index in [0.29, 0.717) is 6.04 Å². The van der Waals surface area contributed by atoms with Crippen LogP contribution in [0, 0.1) is 0 Å². The van der Waals surface area contributed by atoms with E-state index in [4.69, 9.17) is 4.99 Å². The second kappa shape index (κ2) is 3.46. The molecule has 1 aromatic rings. The molecule has 0 amide bonds. The summed E-state index contributed by atoms with van der Waals surface area (Å²) in [5, 5.41) is 1.97. The summed E-state index contributed by atoms with van der Waals surface area (Å²) in [6.45, 7) is 0. The summed E-state index contributed by atoms with van der Waals surface area (Å²) in [5.74, 6) is 0. The summed E-state index contributed by atoms with van der Waals surface area (Å²) in [6, 6.07) is 4.72. The molecule has 2 atom stereocenters. The van der Waals surface area contributed by atoms with Crippen molar-refractivity contribution in [3.63, 3.8) is 0 Å². The van der Waals surface area contributed by atoms with Crippen LogP contribution in [0.15, 0.2) is 29.5 Å². The van der Waals surface area contributed by atoms with Crippen LogP contribution >= 0.6 is 11.8 Å². The molecular formula is C11H14N2S. The van der Waals surface area contributed by atoms with Gasteiger partial charge in [-0.05, 0) is 25.0 Å². The first-order chi connectivity index (χ1) is 6.93. The quantitative estimate of drug-likeness (QED) is 0.638. The molecule has 3 heteroatoms. The molecule has 2 nitrogen and oxygen atoms in total. The molecule has 1 fully saturated rings. The van der Waals surface area contributed by atoms with Crippen LogP contribution in [0.5, 0.6) is 0 Å². The lowest BCUT2D eigenvalue weighted by Gasteiger charge is -2.21. The van der Waals surface area contributed by atoms with Crippen molar-refractivity contribution in [3.8, 4) is 0 Å². The molecule has 1 aliphatic heterocycles. The van der Waals surface area contributed by atoms with E-state index in [1.807, 2.05) is 11.8 Å². The first-order valence-corrected chi connectivity index (χ1v) is 6.19. The molecule has 0 radical (unpaired) electrons. The van der Waals surface area contributed by atoms with E-state index < -0.39 is 0 Å². The molecule has 74 valence electrons. The molecule has 0 spiro atoms. The van der Waals surface area contributed by atoms with Crippen molar-refractivity contribution < 1.29 is 0 Å². The molecule has 2 aliphatic rings. The predicted octanol–water partition coefficient (Wildman–Crippen LogP) is 2.75. The van der Waals surface area contributed by atoms with Crippen LogP contribution in [0.25, 0.3) is 0 Å². The molecule has 0 saturated heterocycles. The molecule has 0 aromatic carbocycles. The van der Waals surface area contributed by atoms with Gasteiger partial charge in [0.05, 0.1) is 6.04 Å². The minimum absolute atomic E-state index is 0.603. The Bertz CT molecular complexity index is 342. The van der Waals surface area contributed by atoms with Gasteiger partial charge in [-0.15, -0.1) is 0 Å². The third-order valence-corrected chi connectivity index (χ3v) is 4.41. The summed E-state index contributed by atoms with van der Waals surface area (Å²) in [6.07, 6.45) is 9.57. The Balaban J connectivity index is 1.83. The molecule has 2 heterocycles. The van der Waals surface area contributed by atoms with E-state index in [-0.39, 0.29) is 0 Å². The molecule has 0 unspecified atom stereocenters. The van der Waals surface area contributed by atoms with Gasteiger partial charge in [0.25, 0.3) is 0 Å². The predicted molar refractivity (Wildman–Crippen MR) is 60.9 cm³/mol. The Kier molecular flexibility index (Phi) is 2.13. The van der Waals surface area contributed by atoms with Gasteiger partial charge in [-0.1, -0.05) is 24.6 Å². The number of nitrogens with zero attached hydrogens (tertiary/aromatic N) is 2. The van der Waals surface area contributed by atoms with E-state index in [1.165, 1.54) is 30.9 Å². The maximum absolute atomic E-state index is 4.80. The van der Waals surface area contributed by atoms with Gasteiger partial charge in [0, 0.05) is 17.6 Å². The van der Waals surface area contributed by atoms with E-state index in [1.54, 1.807) is 0 Å². The summed E-state index contributed by atoms with van der Waals surface area (Å²) in [7, 11) is 0. The molecule has 14 heavy (non-hydrogen) atoms. The number of thioether (sulfide) groups is 1. The Hall–Kier alpha value is -0.700. The van der Waals surface area contributed by atoms with Gasteiger partial charge in [0.2, 0.25) is 0 Å². The van der Waals surface area contributed by atoms with Gasteiger partial charge >= 0.3 is 0 Å². The fourth-order valence-corrected chi connectivity index (χ4v) is 3.61. The second-order valence-corrected chi connectivity index (χ2v) is 5.22. The van der Waals surface area contributed by atoms with E-state index in [2.05, 4.69) is 29.1 Å². The van der Waals surface area contributed by atoms with Crippen molar-refractivity contribution in [2.75, 3.05) is 0 Å². The zero-order valence-electron chi connectivity index (χ0n) is 8.10. The summed E-state index contributed by atoms with van der Waals surface area (Å²) >= 11 is 1.97. The number of aliphatic imine (C=N–C) groups is 1. The molecule has 0 bridgehead atoms. The second-order valence-electron chi connectivity index (χ2n) is 4.01. The average Bonchev–Trinajstić information content (AvgIpc) is 2.86. The lowest BCUT2D eigenvalue weighted by atomic mass is 9.96. The van der Waals surface area contributed by atoms with E-state index in [9.17, 15) is 0 Å². The summed E-state index contributed by atoms with van der Waals surface area (Å²) in [4.78, 5) is 4.80. The van der Waals surface area contributed by atoms with Crippen molar-refractivity contribution >= 4 is 16.9 Å². The van der Waals surface area contributed by atoms with Crippen molar-refractivity contribution in [1.82, 2.24) is 4.57 Å². The van der Waals surface area contributed by atoms with Crippen LogP contribution in [-0.2, 0) is 0 Å². The zero-order valence-corrected chi connectivity index (χ0v) is 8.91. The highest BCUT2D eigenvalue weighted by Crippen LogP contribution is 2.37. The maximum Gasteiger partial charge on any atom is 0.168 e. The van der Waals surface area contributed by atoms with E-state index >= 15 is 0 Å². The monoisotopic (exact) mass is 206 g/mol. The van der Waals surface area contributed by atoms with Gasteiger partial charge in [0.1, 0.15) is 0 Å². The van der Waals surface area contributed by atoms with Crippen molar-refractivity contribution in [3.05, 3.63) is 24.5 Å². The van der Waals surface area contributed by atoms with Crippen LogP contribution in [0.4, 0.5) is 0 Å². The Labute approximate surface area is 88.4 Å². The average molecular weight is 206 g/mol. The van der Waals surface area contributed by atoms with Crippen LogP contribution in [0.1, 0.15) is 25.7 Å². The first-order valence-electron chi connectivity index (χ1n) is 5.31. The highest BCUT2D eigenvalue weighted by atomic mass is 32.2. The Morgan fingerprint density at radius 2 is 2.00 bits per heavy atom. The fourth-order valence-electron chi connectivity index (χ4n) is 2.26. The van der Waals surface area contributed by atoms with E-state index in [0.717, 1.165) is 5.25 Å². The maximum atomic E-state index is 4.80. The van der Waals surface area contributed by atoms with Crippen LogP contribution in [0.3, 0.4) is 0 Å². The zero-order chi connectivity index (χ0) is 9.38. The third-order valence-electron chi connectivity index (χ3n) is 3.03. The van der Waals surface area contributed by atoms with Gasteiger partial charge < -0.3 is 4.57 Å². The Morgan fingerprint density at radius 3 is 2.79 bits per heavy atom. The third kappa shape index (κ3) is 1.40. The number of rotatable bonds is 0. The molecule has 1 saturated carbocycles. The normalized spacial score (nSPS) is 31.3. The SMILES string of the molecule is c1ccn(C2=N[C@@H]3CCCC[C@@H]3S2)c1. The largest absolute Gasteiger partial charge is 0.303 e. The van der Waals surface area contributed by atoms with Crippen LogP contribution < -0.4 is 0 Å². The van der Waals surface area contributed by atoms with Gasteiger partial charge in [0.15, 0.2) is 5.17 Å². The molecule has 0 N–H and O–H groups in total. The van der Waals surface area contributed by atoms with Crippen LogP contribution in [0.2, 0.25) is 0 Å². The number of hydrogen-bond donors (Lipinski definition) is 0. The Morgan fingerprint density at radius 1 is 1.21 bits per heavy atom. The minimum Gasteiger partial charge on any atom is -0.303 e. The molecular weight excluding hydrogens is 192 g/mol. The smallest absolute Gasteiger partial charge is 0.168 e. The highest BCUT2D eigenvalue weighted by molar-refractivity contribution is 8.14. The lowest BCUT2D eigenvalue weighted by Crippen LogP contribution is -2.21. The van der Waals surface area contributed by atoms with Crippen molar-refractivity contribution in [2.24, 2.45) is 4.99 Å². The first kappa shape index (κ1) is 8.60. The van der Waals surface area contributed by atoms with Crippen LogP contribution in [-0.4, -0.2) is 21.0 Å². The minimum atomic E-state index is 0.603. The van der Waals surface area contributed by atoms with Crippen molar-refractivity contribution in [1.29, 1.82) is 0 Å². The van der Waals surface area contributed by atoms with Gasteiger partial charge in [-0.3, -0.25) is 4.99 Å². The van der Waals surface area contributed by atoms with Gasteiger partial charge in [-0.25, -0.2) is 0 Å². The topological polar surface area (TPSA) is 17.3 Å². The van der Waals surface area contributed by atoms with Gasteiger partial charge in [-0.2, -0.15) is 0 Å². The standard InChI is InChI=1S/C11H14N2S/c1-2-6-10-9(5-1)12-11(14-10)13-7-3-4-8-13/h3-4,7-10H,1-2,5-6H2/t9-,10+/m1/s1. The molecule has 1 aromatic heterocycles. The fraction of sp³-hybridized carbons (Fsp3) is 0.545. The molecule has 1 aliphatic carbocycles. The summed E-state index contributed by atoms with van der Waals surface area (Å²) in [5.41, 5.74) is 0. The lowest BCUT2D eigenvalue weighted by molar-refractivity contribution is 0.461. The number of fused-ring (bicyclic) bond motifs is 1. The highest BCUT2D eigenvalue weighted by Gasteiger charge is 2.32. The molecule has 3 rings (SSSR count). The number of aromatic nitrogens is 1.